The fourth-order valence-corrected chi connectivity index (χ4v) is 1.45. The molecule has 1 aromatic heterocycles. The molecule has 88 valence electrons. The van der Waals surface area contributed by atoms with E-state index in [1.807, 2.05) is 27.7 Å². The number of carbonyl (C=O) groups is 1. The average Bonchev–Trinajstić information content (AvgIpc) is 2.59. The summed E-state index contributed by atoms with van der Waals surface area (Å²) in [6.45, 7) is 7.73. The van der Waals surface area contributed by atoms with Gasteiger partial charge in [0.2, 0.25) is 5.78 Å². The van der Waals surface area contributed by atoms with Crippen LogP contribution in [0.5, 0.6) is 5.75 Å². The summed E-state index contributed by atoms with van der Waals surface area (Å²) < 4.78 is 6.83. The molecule has 0 bridgehead atoms. The zero-order valence-electron chi connectivity index (χ0n) is 10.4. The molecule has 0 spiro atoms. The number of aromatic nitrogens is 2. The predicted molar refractivity (Wildman–Crippen MR) is 62.9 cm³/mol. The van der Waals surface area contributed by atoms with Crippen molar-refractivity contribution in [3.05, 3.63) is 23.5 Å². The SMILES string of the molecule is COc1cnn(C(C)C)c1C(=O)C=C(C)C. The molecule has 16 heavy (non-hydrogen) atoms. The van der Waals surface area contributed by atoms with Crippen LogP contribution in [0.3, 0.4) is 0 Å². The summed E-state index contributed by atoms with van der Waals surface area (Å²) in [5.41, 5.74) is 1.47. The minimum absolute atomic E-state index is 0.0666. The van der Waals surface area contributed by atoms with Crippen molar-refractivity contribution in [1.82, 2.24) is 9.78 Å². The first-order valence-corrected chi connectivity index (χ1v) is 5.28. The van der Waals surface area contributed by atoms with Gasteiger partial charge in [0.15, 0.2) is 11.4 Å². The van der Waals surface area contributed by atoms with Gasteiger partial charge in [0.05, 0.1) is 13.3 Å². The van der Waals surface area contributed by atoms with E-state index in [0.717, 1.165) is 5.57 Å². The van der Waals surface area contributed by atoms with Crippen molar-refractivity contribution in [2.45, 2.75) is 33.7 Å². The Labute approximate surface area is 95.9 Å². The molecular formula is C12H18N2O2. The van der Waals surface area contributed by atoms with E-state index in [4.69, 9.17) is 4.74 Å². The lowest BCUT2D eigenvalue weighted by molar-refractivity contribution is 0.103. The number of ether oxygens (including phenoxy) is 1. The molecule has 0 aliphatic heterocycles. The lowest BCUT2D eigenvalue weighted by Crippen LogP contribution is -2.12. The third kappa shape index (κ3) is 2.51. The van der Waals surface area contributed by atoms with Gasteiger partial charge in [0.1, 0.15) is 0 Å². The Morgan fingerprint density at radius 3 is 2.56 bits per heavy atom. The van der Waals surface area contributed by atoms with Crippen LogP contribution in [0.4, 0.5) is 0 Å². The largest absolute Gasteiger partial charge is 0.493 e. The van der Waals surface area contributed by atoms with Gasteiger partial charge in [0, 0.05) is 6.04 Å². The Morgan fingerprint density at radius 1 is 1.50 bits per heavy atom. The van der Waals surface area contributed by atoms with Crippen LogP contribution in [-0.4, -0.2) is 22.7 Å². The molecule has 0 saturated carbocycles. The Kier molecular flexibility index (Phi) is 3.88. The van der Waals surface area contributed by atoms with Crippen molar-refractivity contribution in [2.75, 3.05) is 7.11 Å². The minimum Gasteiger partial charge on any atom is -0.493 e. The molecule has 0 fully saturated rings. The van der Waals surface area contributed by atoms with Crippen molar-refractivity contribution in [2.24, 2.45) is 0 Å². The zero-order valence-corrected chi connectivity index (χ0v) is 10.4. The van der Waals surface area contributed by atoms with E-state index in [9.17, 15) is 4.79 Å². The normalized spacial score (nSPS) is 10.4. The van der Waals surface area contributed by atoms with Crippen LogP contribution in [-0.2, 0) is 0 Å². The second-order valence-corrected chi connectivity index (χ2v) is 4.19. The van der Waals surface area contributed by atoms with E-state index in [0.29, 0.717) is 11.4 Å². The van der Waals surface area contributed by atoms with E-state index in [-0.39, 0.29) is 11.8 Å². The highest BCUT2D eigenvalue weighted by Crippen LogP contribution is 2.22. The molecule has 1 heterocycles. The smallest absolute Gasteiger partial charge is 0.207 e. The minimum atomic E-state index is -0.0666. The molecule has 0 aromatic carbocycles. The fourth-order valence-electron chi connectivity index (χ4n) is 1.45. The maximum Gasteiger partial charge on any atom is 0.207 e. The van der Waals surface area contributed by atoms with E-state index in [1.54, 1.807) is 24.1 Å². The predicted octanol–water partition coefficient (Wildman–Crippen LogP) is 2.62. The Bertz CT molecular complexity index is 413. The molecule has 0 saturated heterocycles. The van der Waals surface area contributed by atoms with Gasteiger partial charge in [-0.1, -0.05) is 5.57 Å². The average molecular weight is 222 g/mol. The molecule has 4 nitrogen and oxygen atoms in total. The maximum absolute atomic E-state index is 12.0. The van der Waals surface area contributed by atoms with Gasteiger partial charge >= 0.3 is 0 Å². The first-order chi connectivity index (χ1) is 7.47. The summed E-state index contributed by atoms with van der Waals surface area (Å²) in [5, 5.41) is 4.16. The van der Waals surface area contributed by atoms with Crippen molar-refractivity contribution in [3.63, 3.8) is 0 Å². The summed E-state index contributed by atoms with van der Waals surface area (Å²) in [6.07, 6.45) is 3.17. The number of carbonyl (C=O) groups excluding carboxylic acids is 1. The molecule has 0 aliphatic rings. The second kappa shape index (κ2) is 4.96. The number of nitrogens with zero attached hydrogens (tertiary/aromatic N) is 2. The first-order valence-electron chi connectivity index (χ1n) is 5.28. The van der Waals surface area contributed by atoms with Crippen LogP contribution in [0, 0.1) is 0 Å². The molecule has 0 aliphatic carbocycles. The van der Waals surface area contributed by atoms with Gasteiger partial charge in [-0.25, -0.2) is 0 Å². The van der Waals surface area contributed by atoms with Crippen LogP contribution < -0.4 is 4.74 Å². The third-order valence-corrected chi connectivity index (χ3v) is 2.12. The van der Waals surface area contributed by atoms with Crippen molar-refractivity contribution >= 4 is 5.78 Å². The fraction of sp³-hybridized carbons (Fsp3) is 0.500. The highest BCUT2D eigenvalue weighted by Gasteiger charge is 2.19. The molecule has 4 heteroatoms. The molecule has 0 unspecified atom stereocenters. The topological polar surface area (TPSA) is 44.1 Å². The molecule has 0 radical (unpaired) electrons. The molecule has 0 amide bonds. The van der Waals surface area contributed by atoms with E-state index in [2.05, 4.69) is 5.10 Å². The van der Waals surface area contributed by atoms with Crippen molar-refractivity contribution in [3.8, 4) is 5.75 Å². The highest BCUT2D eigenvalue weighted by atomic mass is 16.5. The zero-order chi connectivity index (χ0) is 12.3. The summed E-state index contributed by atoms with van der Waals surface area (Å²) in [6, 6.07) is 0.133. The lowest BCUT2D eigenvalue weighted by Gasteiger charge is -2.09. The number of allylic oxidation sites excluding steroid dienone is 2. The van der Waals surface area contributed by atoms with Gasteiger partial charge in [-0.15, -0.1) is 0 Å². The summed E-state index contributed by atoms with van der Waals surface area (Å²) in [4.78, 5) is 12.0. The van der Waals surface area contributed by atoms with Gasteiger partial charge in [-0.05, 0) is 33.8 Å². The number of rotatable bonds is 4. The van der Waals surface area contributed by atoms with E-state index < -0.39 is 0 Å². The maximum atomic E-state index is 12.0. The van der Waals surface area contributed by atoms with E-state index >= 15 is 0 Å². The lowest BCUT2D eigenvalue weighted by atomic mass is 10.2. The van der Waals surface area contributed by atoms with Gasteiger partial charge in [-0.2, -0.15) is 5.10 Å². The molecule has 1 aromatic rings. The number of methoxy groups -OCH3 is 1. The number of hydrogen-bond acceptors (Lipinski definition) is 3. The highest BCUT2D eigenvalue weighted by molar-refractivity contribution is 6.05. The monoisotopic (exact) mass is 222 g/mol. The summed E-state index contributed by atoms with van der Waals surface area (Å²) >= 11 is 0. The Morgan fingerprint density at radius 2 is 2.12 bits per heavy atom. The Hall–Kier alpha value is -1.58. The quantitative estimate of drug-likeness (QED) is 0.581. The van der Waals surface area contributed by atoms with Gasteiger partial charge < -0.3 is 4.74 Å². The van der Waals surface area contributed by atoms with Crippen molar-refractivity contribution in [1.29, 1.82) is 0 Å². The van der Waals surface area contributed by atoms with Crippen LogP contribution >= 0.6 is 0 Å². The van der Waals surface area contributed by atoms with Crippen molar-refractivity contribution < 1.29 is 9.53 Å². The summed E-state index contributed by atoms with van der Waals surface area (Å²) in [5.74, 6) is 0.458. The number of hydrogen-bond donors (Lipinski definition) is 0. The van der Waals surface area contributed by atoms with Crippen LogP contribution in [0.1, 0.15) is 44.2 Å². The van der Waals surface area contributed by atoms with Gasteiger partial charge in [-0.3, -0.25) is 9.48 Å². The molecule has 1 rings (SSSR count). The standard InChI is InChI=1S/C12H18N2O2/c1-8(2)6-10(15)12-11(16-5)7-13-14(12)9(3)4/h6-7,9H,1-5H3. The van der Waals surface area contributed by atoms with Crippen LogP contribution in [0.2, 0.25) is 0 Å². The van der Waals surface area contributed by atoms with E-state index in [1.165, 1.54) is 0 Å². The molecule has 0 N–H and O–H groups in total. The molecule has 0 atom stereocenters. The second-order valence-electron chi connectivity index (χ2n) is 4.19. The molecular weight excluding hydrogens is 204 g/mol. The summed E-state index contributed by atoms with van der Waals surface area (Å²) in [7, 11) is 1.54. The first kappa shape index (κ1) is 12.5. The third-order valence-electron chi connectivity index (χ3n) is 2.12. The number of ketones is 1. The Balaban J connectivity index is 3.23. The van der Waals surface area contributed by atoms with Crippen LogP contribution in [0.15, 0.2) is 17.8 Å². The van der Waals surface area contributed by atoms with Crippen LogP contribution in [0.25, 0.3) is 0 Å². The van der Waals surface area contributed by atoms with Gasteiger partial charge in [0.25, 0.3) is 0 Å².